The maximum absolute atomic E-state index is 13.8. The Bertz CT molecular complexity index is 1140. The Morgan fingerprint density at radius 3 is 2.56 bits per heavy atom. The van der Waals surface area contributed by atoms with Crippen molar-refractivity contribution in [1.29, 1.82) is 0 Å². The highest BCUT2D eigenvalue weighted by molar-refractivity contribution is 8.15. The lowest BCUT2D eigenvalue weighted by Crippen LogP contribution is -2.49. The number of thioether (sulfide) groups is 1. The van der Waals surface area contributed by atoms with Crippen LogP contribution in [0.25, 0.3) is 0 Å². The van der Waals surface area contributed by atoms with Gasteiger partial charge in [0.25, 0.3) is 5.91 Å². The zero-order valence-corrected chi connectivity index (χ0v) is 19.3. The van der Waals surface area contributed by atoms with Crippen LogP contribution in [0.1, 0.15) is 25.0 Å². The van der Waals surface area contributed by atoms with Crippen molar-refractivity contribution in [3.8, 4) is 5.75 Å². The average Bonchev–Trinajstić information content (AvgIpc) is 3.21. The molecule has 0 radical (unpaired) electrons. The van der Waals surface area contributed by atoms with Crippen molar-refractivity contribution in [3.05, 3.63) is 58.6 Å². The molecule has 0 saturated heterocycles. The molecule has 1 N–H and O–H groups in total. The number of hydrogen-bond acceptors (Lipinski definition) is 6. The number of aryl methyl sites for hydroxylation is 1. The SMILES string of the molecule is CC(=O)NC1=NN(C(C)=O)[C@@]2(S1)C(=O)N(CCOc1ccc(Cl)cc1)c1ccc(C)cc12. The number of rotatable bonds is 4. The second kappa shape index (κ2) is 8.48. The summed E-state index contributed by atoms with van der Waals surface area (Å²) < 4.78 is 5.78. The molecule has 32 heavy (non-hydrogen) atoms. The van der Waals surface area contributed by atoms with Gasteiger partial charge in [-0.2, -0.15) is 5.01 Å². The molecule has 0 aliphatic carbocycles. The van der Waals surface area contributed by atoms with E-state index in [1.807, 2.05) is 25.1 Å². The summed E-state index contributed by atoms with van der Waals surface area (Å²) in [7, 11) is 0. The normalized spacial score (nSPS) is 19.2. The number of nitrogens with one attached hydrogen (secondary N) is 1. The summed E-state index contributed by atoms with van der Waals surface area (Å²) in [5.41, 5.74) is 2.27. The van der Waals surface area contributed by atoms with Gasteiger partial charge in [0.15, 0.2) is 5.17 Å². The van der Waals surface area contributed by atoms with Gasteiger partial charge in [0.1, 0.15) is 12.4 Å². The Morgan fingerprint density at radius 1 is 1.19 bits per heavy atom. The minimum atomic E-state index is -1.41. The molecule has 2 aliphatic rings. The van der Waals surface area contributed by atoms with Crippen molar-refractivity contribution in [3.63, 3.8) is 0 Å². The standard InChI is InChI=1S/C22H21ClN4O4S/c1-13-4-9-19-18(12-13)22(27(15(3)29)25-21(32-22)24-14(2)28)20(30)26(19)10-11-31-17-7-5-16(23)6-8-17/h4-9,12H,10-11H2,1-3H3,(H,24,25,28)/t22-/m0/s1. The molecule has 2 aliphatic heterocycles. The number of halogens is 1. The first-order valence-electron chi connectivity index (χ1n) is 9.90. The quantitative estimate of drug-likeness (QED) is 0.737. The van der Waals surface area contributed by atoms with Crippen LogP contribution in [0.5, 0.6) is 5.75 Å². The van der Waals surface area contributed by atoms with Gasteiger partial charge < -0.3 is 15.0 Å². The second-order valence-electron chi connectivity index (χ2n) is 7.44. The topological polar surface area (TPSA) is 91.3 Å². The summed E-state index contributed by atoms with van der Waals surface area (Å²) in [4.78, 5) is 38.1. The van der Waals surface area contributed by atoms with E-state index in [-0.39, 0.29) is 30.1 Å². The zero-order chi connectivity index (χ0) is 23.0. The fourth-order valence-corrected chi connectivity index (χ4v) is 5.18. The van der Waals surface area contributed by atoms with Crippen molar-refractivity contribution in [1.82, 2.24) is 10.3 Å². The Hall–Kier alpha value is -3.04. The van der Waals surface area contributed by atoms with Gasteiger partial charge in [-0.05, 0) is 49.0 Å². The molecule has 10 heteroatoms. The number of carbonyl (C=O) groups is 3. The van der Waals surface area contributed by atoms with Gasteiger partial charge in [-0.3, -0.25) is 14.4 Å². The lowest BCUT2D eigenvalue weighted by molar-refractivity contribution is -0.139. The number of fused-ring (bicyclic) bond motifs is 2. The first-order valence-corrected chi connectivity index (χ1v) is 11.1. The summed E-state index contributed by atoms with van der Waals surface area (Å²) in [6.45, 7) is 5.11. The van der Waals surface area contributed by atoms with Crippen molar-refractivity contribution in [2.75, 3.05) is 18.1 Å². The van der Waals surface area contributed by atoms with E-state index < -0.39 is 10.8 Å². The largest absolute Gasteiger partial charge is 0.492 e. The summed E-state index contributed by atoms with van der Waals surface area (Å²) in [5, 5.41) is 8.82. The van der Waals surface area contributed by atoms with Crippen LogP contribution in [0, 0.1) is 6.92 Å². The van der Waals surface area contributed by atoms with E-state index in [1.54, 1.807) is 29.2 Å². The van der Waals surface area contributed by atoms with E-state index in [4.69, 9.17) is 16.3 Å². The van der Waals surface area contributed by atoms with Crippen LogP contribution in [-0.2, 0) is 19.3 Å². The molecular formula is C22H21ClN4O4S. The van der Waals surface area contributed by atoms with Crippen molar-refractivity contribution >= 4 is 51.9 Å². The highest BCUT2D eigenvalue weighted by Gasteiger charge is 2.61. The molecule has 1 atom stereocenters. The predicted octanol–water partition coefficient (Wildman–Crippen LogP) is 3.23. The lowest BCUT2D eigenvalue weighted by atomic mass is 10.0. The van der Waals surface area contributed by atoms with Crippen LogP contribution in [0.2, 0.25) is 5.02 Å². The Labute approximate surface area is 194 Å². The molecule has 3 amide bonds. The van der Waals surface area contributed by atoms with E-state index in [9.17, 15) is 14.4 Å². The smallest absolute Gasteiger partial charge is 0.270 e. The number of hydrazone groups is 1. The van der Waals surface area contributed by atoms with Gasteiger partial charge >= 0.3 is 0 Å². The Morgan fingerprint density at radius 2 is 1.91 bits per heavy atom. The van der Waals surface area contributed by atoms with Gasteiger partial charge in [0, 0.05) is 24.4 Å². The van der Waals surface area contributed by atoms with Crippen LogP contribution in [0.4, 0.5) is 5.69 Å². The summed E-state index contributed by atoms with van der Waals surface area (Å²) >= 11 is 6.97. The summed E-state index contributed by atoms with van der Waals surface area (Å²) in [5.74, 6) is -0.420. The molecule has 0 aromatic heterocycles. The van der Waals surface area contributed by atoms with Crippen LogP contribution in [0.15, 0.2) is 47.6 Å². The monoisotopic (exact) mass is 472 g/mol. The highest BCUT2D eigenvalue weighted by Crippen LogP contribution is 2.54. The molecule has 4 rings (SSSR count). The third-order valence-electron chi connectivity index (χ3n) is 5.05. The Kier molecular flexibility index (Phi) is 5.87. The number of carbonyl (C=O) groups excluding carboxylic acids is 3. The molecule has 0 saturated carbocycles. The van der Waals surface area contributed by atoms with Gasteiger partial charge in [-0.15, -0.1) is 5.10 Å². The number of benzene rings is 2. The number of hydrogen-bond donors (Lipinski definition) is 1. The number of ether oxygens (including phenoxy) is 1. The van der Waals surface area contributed by atoms with Crippen LogP contribution in [-0.4, -0.2) is 41.0 Å². The Balaban J connectivity index is 1.65. The number of amides is 3. The van der Waals surface area contributed by atoms with Crippen LogP contribution >= 0.6 is 23.4 Å². The highest BCUT2D eigenvalue weighted by atomic mass is 35.5. The average molecular weight is 473 g/mol. The molecule has 8 nitrogen and oxygen atoms in total. The molecule has 0 bridgehead atoms. The minimum absolute atomic E-state index is 0.202. The predicted molar refractivity (Wildman–Crippen MR) is 124 cm³/mol. The molecule has 0 fully saturated rings. The fourth-order valence-electron chi connectivity index (χ4n) is 3.73. The van der Waals surface area contributed by atoms with Gasteiger partial charge in [-0.1, -0.05) is 29.3 Å². The third kappa shape index (κ3) is 3.82. The molecule has 0 unspecified atom stereocenters. The molecular weight excluding hydrogens is 452 g/mol. The summed E-state index contributed by atoms with van der Waals surface area (Å²) in [6, 6.07) is 12.6. The number of amidine groups is 1. The first kappa shape index (κ1) is 22.2. The van der Waals surface area contributed by atoms with Gasteiger partial charge in [0.05, 0.1) is 12.2 Å². The maximum atomic E-state index is 13.8. The first-order chi connectivity index (χ1) is 15.2. The molecule has 2 heterocycles. The maximum Gasteiger partial charge on any atom is 0.270 e. The molecule has 1 spiro atoms. The van der Waals surface area contributed by atoms with Crippen LogP contribution < -0.4 is 15.0 Å². The van der Waals surface area contributed by atoms with E-state index in [2.05, 4.69) is 10.4 Å². The summed E-state index contributed by atoms with van der Waals surface area (Å²) in [6.07, 6.45) is 0. The molecule has 2 aromatic rings. The number of anilines is 1. The fraction of sp³-hybridized carbons (Fsp3) is 0.273. The van der Waals surface area contributed by atoms with Gasteiger partial charge in [-0.25, -0.2) is 0 Å². The van der Waals surface area contributed by atoms with Crippen molar-refractivity contribution in [2.45, 2.75) is 25.6 Å². The van der Waals surface area contributed by atoms with E-state index >= 15 is 0 Å². The second-order valence-corrected chi connectivity index (χ2v) is 9.06. The van der Waals surface area contributed by atoms with E-state index in [0.717, 1.165) is 22.3 Å². The zero-order valence-electron chi connectivity index (χ0n) is 17.7. The number of nitrogens with zero attached hydrogens (tertiary/aromatic N) is 3. The minimum Gasteiger partial charge on any atom is -0.492 e. The lowest BCUT2D eigenvalue weighted by Gasteiger charge is -2.29. The van der Waals surface area contributed by atoms with E-state index in [1.165, 1.54) is 13.8 Å². The van der Waals surface area contributed by atoms with Gasteiger partial charge in [0.2, 0.25) is 16.7 Å². The molecule has 2 aromatic carbocycles. The molecule has 166 valence electrons. The van der Waals surface area contributed by atoms with E-state index in [0.29, 0.717) is 22.0 Å². The van der Waals surface area contributed by atoms with Crippen molar-refractivity contribution in [2.24, 2.45) is 5.10 Å². The van der Waals surface area contributed by atoms with Crippen molar-refractivity contribution < 1.29 is 19.1 Å². The third-order valence-corrected chi connectivity index (χ3v) is 6.55. The van der Waals surface area contributed by atoms with Crippen LogP contribution in [0.3, 0.4) is 0 Å².